The molecule has 0 aromatic carbocycles. The standard InChI is InChI=1S/C16H16ClN3O4S2/c17-15-3-4-16(25-15)26(21,22)20-7-5-19(6-8-20)11-12-10-14(24-18-12)13-2-1-9-23-13/h1-4,9-10H,5-8,11H2/p+1. The Morgan fingerprint density at radius 1 is 1.23 bits per heavy atom. The zero-order chi connectivity index (χ0) is 18.1. The monoisotopic (exact) mass is 414 g/mol. The Hall–Kier alpha value is -1.65. The molecule has 1 saturated heterocycles. The molecule has 0 spiro atoms. The molecule has 138 valence electrons. The predicted molar refractivity (Wildman–Crippen MR) is 96.7 cm³/mol. The Morgan fingerprint density at radius 2 is 2.04 bits per heavy atom. The summed E-state index contributed by atoms with van der Waals surface area (Å²) in [5.74, 6) is 1.24. The van der Waals surface area contributed by atoms with E-state index >= 15 is 0 Å². The third-order valence-electron chi connectivity index (χ3n) is 4.33. The molecule has 26 heavy (non-hydrogen) atoms. The first-order chi connectivity index (χ1) is 12.5. The van der Waals surface area contributed by atoms with Crippen LogP contribution < -0.4 is 4.90 Å². The zero-order valence-corrected chi connectivity index (χ0v) is 16.1. The van der Waals surface area contributed by atoms with Crippen molar-refractivity contribution in [2.24, 2.45) is 0 Å². The second kappa shape index (κ2) is 7.16. The maximum absolute atomic E-state index is 12.6. The second-order valence-corrected chi connectivity index (χ2v) is 9.93. The number of aromatic nitrogens is 1. The van der Waals surface area contributed by atoms with Crippen molar-refractivity contribution in [1.29, 1.82) is 0 Å². The molecule has 0 aliphatic carbocycles. The molecule has 0 radical (unpaired) electrons. The molecule has 4 heterocycles. The minimum absolute atomic E-state index is 0.297. The highest BCUT2D eigenvalue weighted by atomic mass is 35.5. The summed E-state index contributed by atoms with van der Waals surface area (Å²) in [6, 6.07) is 8.65. The van der Waals surface area contributed by atoms with E-state index in [1.165, 1.54) is 9.21 Å². The van der Waals surface area contributed by atoms with E-state index < -0.39 is 10.0 Å². The highest BCUT2D eigenvalue weighted by Gasteiger charge is 2.31. The molecule has 1 aliphatic heterocycles. The summed E-state index contributed by atoms with van der Waals surface area (Å²) >= 11 is 6.96. The lowest BCUT2D eigenvalue weighted by atomic mass is 10.3. The molecular formula is C16H17ClN3O4S2+. The van der Waals surface area contributed by atoms with E-state index in [1.54, 1.807) is 24.5 Å². The van der Waals surface area contributed by atoms with Gasteiger partial charge >= 0.3 is 0 Å². The molecule has 0 saturated carbocycles. The Bertz CT molecular complexity index is 973. The van der Waals surface area contributed by atoms with Crippen LogP contribution in [0.15, 0.2) is 49.7 Å². The highest BCUT2D eigenvalue weighted by molar-refractivity contribution is 7.91. The van der Waals surface area contributed by atoms with Gasteiger partial charge in [-0.25, -0.2) is 8.42 Å². The lowest BCUT2D eigenvalue weighted by Gasteiger charge is -2.30. The van der Waals surface area contributed by atoms with Crippen LogP contribution in [0.4, 0.5) is 0 Å². The van der Waals surface area contributed by atoms with Crippen molar-refractivity contribution in [2.45, 2.75) is 10.8 Å². The number of sulfonamides is 1. The van der Waals surface area contributed by atoms with Gasteiger partial charge in [0.05, 0.1) is 36.8 Å². The zero-order valence-electron chi connectivity index (χ0n) is 13.7. The molecule has 4 rings (SSSR count). The molecule has 0 atom stereocenters. The topological polar surface area (TPSA) is 81.0 Å². The maximum atomic E-state index is 12.6. The minimum atomic E-state index is -3.46. The van der Waals surface area contributed by atoms with Gasteiger partial charge in [-0.15, -0.1) is 11.3 Å². The van der Waals surface area contributed by atoms with Crippen molar-refractivity contribution < 1.29 is 22.3 Å². The first-order valence-electron chi connectivity index (χ1n) is 8.11. The molecule has 1 N–H and O–H groups in total. The van der Waals surface area contributed by atoms with Gasteiger partial charge in [0.15, 0.2) is 5.76 Å². The van der Waals surface area contributed by atoms with Crippen molar-refractivity contribution in [1.82, 2.24) is 9.46 Å². The van der Waals surface area contributed by atoms with Crippen LogP contribution >= 0.6 is 22.9 Å². The number of quaternary nitrogens is 1. The summed E-state index contributed by atoms with van der Waals surface area (Å²) in [6.45, 7) is 3.04. The van der Waals surface area contributed by atoms with Crippen LogP contribution in [-0.4, -0.2) is 44.1 Å². The molecular weight excluding hydrogens is 398 g/mol. The van der Waals surface area contributed by atoms with Crippen LogP contribution in [-0.2, 0) is 16.6 Å². The summed E-state index contributed by atoms with van der Waals surface area (Å²) < 4.78 is 38.2. The Kier molecular flexibility index (Phi) is 4.89. The lowest BCUT2D eigenvalue weighted by Crippen LogP contribution is -3.13. The Balaban J connectivity index is 1.37. The Morgan fingerprint density at radius 3 is 2.69 bits per heavy atom. The van der Waals surface area contributed by atoms with E-state index in [-0.39, 0.29) is 0 Å². The van der Waals surface area contributed by atoms with E-state index in [2.05, 4.69) is 5.16 Å². The van der Waals surface area contributed by atoms with Crippen molar-refractivity contribution in [3.63, 3.8) is 0 Å². The van der Waals surface area contributed by atoms with Gasteiger partial charge in [-0.1, -0.05) is 16.8 Å². The van der Waals surface area contributed by atoms with Crippen LogP contribution in [0.25, 0.3) is 11.5 Å². The number of furan rings is 1. The average Bonchev–Trinajstić information content (AvgIpc) is 3.36. The fourth-order valence-corrected chi connectivity index (χ4v) is 6.05. The van der Waals surface area contributed by atoms with Gasteiger partial charge in [-0.3, -0.25) is 0 Å². The van der Waals surface area contributed by atoms with Crippen LogP contribution in [0.1, 0.15) is 5.69 Å². The van der Waals surface area contributed by atoms with Gasteiger partial charge in [0.2, 0.25) is 5.76 Å². The molecule has 3 aromatic rings. The van der Waals surface area contributed by atoms with Gasteiger partial charge < -0.3 is 13.8 Å². The second-order valence-electron chi connectivity index (χ2n) is 6.05. The number of halogens is 1. The minimum Gasteiger partial charge on any atom is -0.461 e. The molecule has 1 fully saturated rings. The summed E-state index contributed by atoms with van der Waals surface area (Å²) in [5.41, 5.74) is 0.827. The summed E-state index contributed by atoms with van der Waals surface area (Å²) in [6.07, 6.45) is 1.59. The molecule has 0 bridgehead atoms. The van der Waals surface area contributed by atoms with Crippen LogP contribution in [0.3, 0.4) is 0 Å². The molecule has 0 amide bonds. The number of hydrogen-bond acceptors (Lipinski definition) is 6. The SMILES string of the molecule is O=S(=O)(c1ccc(Cl)s1)N1CC[NH+](Cc2cc(-c3ccco3)on2)CC1. The van der Waals surface area contributed by atoms with Crippen molar-refractivity contribution in [3.05, 3.63) is 46.6 Å². The third-order valence-corrected chi connectivity index (χ3v) is 7.92. The van der Waals surface area contributed by atoms with Crippen molar-refractivity contribution >= 4 is 33.0 Å². The molecule has 7 nitrogen and oxygen atoms in total. The maximum Gasteiger partial charge on any atom is 0.253 e. The Labute approximate surface area is 159 Å². The lowest BCUT2D eigenvalue weighted by molar-refractivity contribution is -0.917. The van der Waals surface area contributed by atoms with E-state index in [0.717, 1.165) is 17.0 Å². The van der Waals surface area contributed by atoms with Crippen molar-refractivity contribution in [2.75, 3.05) is 26.2 Å². The number of nitrogens with zero attached hydrogens (tertiary/aromatic N) is 2. The molecule has 0 unspecified atom stereocenters. The number of piperazine rings is 1. The molecule has 10 heteroatoms. The molecule has 1 aliphatic rings. The van der Waals surface area contributed by atoms with Gasteiger partial charge in [0.25, 0.3) is 10.0 Å². The van der Waals surface area contributed by atoms with Gasteiger partial charge in [-0.2, -0.15) is 4.31 Å². The average molecular weight is 415 g/mol. The summed E-state index contributed by atoms with van der Waals surface area (Å²) in [5, 5.41) is 4.08. The first kappa shape index (κ1) is 17.7. The fourth-order valence-electron chi connectivity index (χ4n) is 2.97. The normalized spacial score (nSPS) is 17.0. The number of nitrogens with one attached hydrogen (secondary N) is 1. The number of rotatable bonds is 5. The van der Waals surface area contributed by atoms with E-state index in [9.17, 15) is 8.42 Å². The van der Waals surface area contributed by atoms with Crippen LogP contribution in [0, 0.1) is 0 Å². The van der Waals surface area contributed by atoms with Crippen LogP contribution in [0.2, 0.25) is 4.34 Å². The van der Waals surface area contributed by atoms with Gasteiger partial charge in [0.1, 0.15) is 16.4 Å². The predicted octanol–water partition coefficient (Wildman–Crippen LogP) is 1.74. The van der Waals surface area contributed by atoms with Gasteiger partial charge in [-0.05, 0) is 24.3 Å². The number of thiophene rings is 1. The fraction of sp³-hybridized carbons (Fsp3) is 0.312. The largest absolute Gasteiger partial charge is 0.461 e. The van der Waals surface area contributed by atoms with Gasteiger partial charge in [0, 0.05) is 6.07 Å². The highest BCUT2D eigenvalue weighted by Crippen LogP contribution is 2.28. The summed E-state index contributed by atoms with van der Waals surface area (Å²) in [7, 11) is -3.46. The van der Waals surface area contributed by atoms with E-state index in [1.807, 2.05) is 12.1 Å². The third kappa shape index (κ3) is 3.58. The van der Waals surface area contributed by atoms with E-state index in [4.69, 9.17) is 20.5 Å². The smallest absolute Gasteiger partial charge is 0.253 e. The first-order valence-corrected chi connectivity index (χ1v) is 10.7. The van der Waals surface area contributed by atoms with Crippen LogP contribution in [0.5, 0.6) is 0 Å². The summed E-state index contributed by atoms with van der Waals surface area (Å²) in [4.78, 5) is 1.26. The van der Waals surface area contributed by atoms with Crippen molar-refractivity contribution in [3.8, 4) is 11.5 Å². The number of hydrogen-bond donors (Lipinski definition) is 1. The van der Waals surface area contributed by atoms with E-state index in [0.29, 0.717) is 52.8 Å². The molecule has 3 aromatic heterocycles. The quantitative estimate of drug-likeness (QED) is 0.687.